The molecule has 2 atom stereocenters. The highest BCUT2D eigenvalue weighted by Crippen LogP contribution is 2.27. The first-order valence-corrected chi connectivity index (χ1v) is 4.02. The molecule has 0 heterocycles. The van der Waals surface area contributed by atoms with Crippen LogP contribution in [-0.4, -0.2) is 11.7 Å². The molecule has 0 unspecified atom stereocenters. The van der Waals surface area contributed by atoms with Crippen molar-refractivity contribution in [2.75, 3.05) is 6.61 Å². The Morgan fingerprint density at radius 3 is 2.90 bits per heavy atom. The Balaban J connectivity index is 2.55. The molecule has 0 amide bonds. The summed E-state index contributed by atoms with van der Waals surface area (Å²) in [4.78, 5) is 0. The van der Waals surface area contributed by atoms with Gasteiger partial charge in [0.2, 0.25) is 0 Å². The van der Waals surface area contributed by atoms with Crippen LogP contribution in [0, 0.1) is 11.8 Å². The van der Waals surface area contributed by atoms with E-state index in [1.54, 1.807) is 0 Å². The van der Waals surface area contributed by atoms with Crippen molar-refractivity contribution in [3.8, 4) is 0 Å². The quantitative estimate of drug-likeness (QED) is 0.552. The Labute approximate surface area is 62.8 Å². The van der Waals surface area contributed by atoms with Gasteiger partial charge in [-0.15, -0.1) is 0 Å². The molecule has 1 rings (SSSR count). The monoisotopic (exact) mass is 140 g/mol. The summed E-state index contributed by atoms with van der Waals surface area (Å²) in [6.07, 6.45) is 4.62. The lowest BCUT2D eigenvalue weighted by Crippen LogP contribution is -2.17. The van der Waals surface area contributed by atoms with Gasteiger partial charge in [-0.2, -0.15) is 0 Å². The van der Waals surface area contributed by atoms with Crippen LogP contribution in [0.2, 0.25) is 0 Å². The molecule has 1 aliphatic rings. The summed E-state index contributed by atoms with van der Waals surface area (Å²) in [6.45, 7) is 4.71. The molecule has 0 spiro atoms. The molecule has 0 aromatic carbocycles. The SMILES string of the molecule is CC1=C[C@@H](C)[C@H](CO)CC1. The van der Waals surface area contributed by atoms with E-state index in [9.17, 15) is 0 Å². The van der Waals surface area contributed by atoms with Crippen LogP contribution in [0.3, 0.4) is 0 Å². The Kier molecular flexibility index (Phi) is 2.50. The van der Waals surface area contributed by atoms with Crippen LogP contribution in [0.15, 0.2) is 11.6 Å². The number of rotatable bonds is 1. The van der Waals surface area contributed by atoms with E-state index in [-0.39, 0.29) is 0 Å². The second kappa shape index (κ2) is 3.20. The summed E-state index contributed by atoms with van der Waals surface area (Å²) in [7, 11) is 0. The molecule has 0 aromatic rings. The van der Waals surface area contributed by atoms with Crippen LogP contribution < -0.4 is 0 Å². The third kappa shape index (κ3) is 1.60. The maximum atomic E-state index is 8.92. The molecular weight excluding hydrogens is 124 g/mol. The Bertz CT molecular complexity index is 138. The second-order valence-corrected chi connectivity index (χ2v) is 3.35. The Morgan fingerprint density at radius 2 is 2.40 bits per heavy atom. The van der Waals surface area contributed by atoms with Gasteiger partial charge in [-0.05, 0) is 31.6 Å². The average Bonchev–Trinajstić information content (AvgIpc) is 1.88. The van der Waals surface area contributed by atoms with Gasteiger partial charge in [-0.25, -0.2) is 0 Å². The maximum Gasteiger partial charge on any atom is 0.0464 e. The zero-order valence-electron chi connectivity index (χ0n) is 6.80. The van der Waals surface area contributed by atoms with E-state index in [0.717, 1.165) is 0 Å². The first kappa shape index (κ1) is 7.80. The molecule has 1 aliphatic carbocycles. The average molecular weight is 140 g/mol. The number of allylic oxidation sites excluding steroid dienone is 2. The van der Waals surface area contributed by atoms with Crippen molar-refractivity contribution >= 4 is 0 Å². The van der Waals surface area contributed by atoms with Crippen LogP contribution in [-0.2, 0) is 0 Å². The van der Waals surface area contributed by atoms with E-state index in [2.05, 4.69) is 19.9 Å². The fraction of sp³-hybridized carbons (Fsp3) is 0.778. The normalized spacial score (nSPS) is 33.7. The lowest BCUT2D eigenvalue weighted by molar-refractivity contribution is 0.186. The first-order valence-electron chi connectivity index (χ1n) is 4.02. The molecule has 0 aliphatic heterocycles. The van der Waals surface area contributed by atoms with E-state index in [1.807, 2.05) is 0 Å². The van der Waals surface area contributed by atoms with Crippen molar-refractivity contribution < 1.29 is 5.11 Å². The molecule has 58 valence electrons. The minimum absolute atomic E-state index is 0.352. The zero-order valence-corrected chi connectivity index (χ0v) is 6.80. The van der Waals surface area contributed by atoms with Crippen LogP contribution in [0.1, 0.15) is 26.7 Å². The zero-order chi connectivity index (χ0) is 7.56. The van der Waals surface area contributed by atoms with Crippen LogP contribution in [0.25, 0.3) is 0 Å². The Morgan fingerprint density at radius 1 is 1.70 bits per heavy atom. The fourth-order valence-corrected chi connectivity index (χ4v) is 1.60. The number of aliphatic hydroxyl groups is 1. The van der Waals surface area contributed by atoms with Gasteiger partial charge < -0.3 is 5.11 Å². The highest BCUT2D eigenvalue weighted by Gasteiger charge is 2.18. The molecule has 1 nitrogen and oxygen atoms in total. The molecular formula is C9H16O. The number of hydrogen-bond acceptors (Lipinski definition) is 1. The van der Waals surface area contributed by atoms with E-state index in [0.29, 0.717) is 18.4 Å². The van der Waals surface area contributed by atoms with Crippen molar-refractivity contribution in [1.82, 2.24) is 0 Å². The lowest BCUT2D eigenvalue weighted by Gasteiger charge is -2.24. The van der Waals surface area contributed by atoms with Crippen LogP contribution in [0.4, 0.5) is 0 Å². The molecule has 1 heteroatoms. The van der Waals surface area contributed by atoms with Crippen molar-refractivity contribution in [2.24, 2.45) is 11.8 Å². The van der Waals surface area contributed by atoms with Crippen molar-refractivity contribution in [3.63, 3.8) is 0 Å². The van der Waals surface area contributed by atoms with Crippen molar-refractivity contribution in [2.45, 2.75) is 26.7 Å². The van der Waals surface area contributed by atoms with Crippen molar-refractivity contribution in [1.29, 1.82) is 0 Å². The molecule has 1 N–H and O–H groups in total. The second-order valence-electron chi connectivity index (χ2n) is 3.35. The summed E-state index contributed by atoms with van der Waals surface area (Å²) in [5.74, 6) is 1.10. The molecule has 0 saturated carbocycles. The van der Waals surface area contributed by atoms with Crippen LogP contribution >= 0.6 is 0 Å². The number of hydrogen-bond donors (Lipinski definition) is 1. The van der Waals surface area contributed by atoms with Gasteiger partial charge in [0.05, 0.1) is 0 Å². The summed E-state index contributed by atoms with van der Waals surface area (Å²) in [5.41, 5.74) is 1.48. The summed E-state index contributed by atoms with van der Waals surface area (Å²) < 4.78 is 0. The van der Waals surface area contributed by atoms with Gasteiger partial charge in [0.25, 0.3) is 0 Å². The van der Waals surface area contributed by atoms with Gasteiger partial charge >= 0.3 is 0 Å². The summed E-state index contributed by atoms with van der Waals surface area (Å²) in [5, 5.41) is 8.92. The minimum atomic E-state index is 0.352. The van der Waals surface area contributed by atoms with Gasteiger partial charge in [0.1, 0.15) is 0 Å². The number of aliphatic hydroxyl groups excluding tert-OH is 1. The predicted octanol–water partition coefficient (Wildman–Crippen LogP) is 1.97. The van der Waals surface area contributed by atoms with E-state index in [1.165, 1.54) is 18.4 Å². The van der Waals surface area contributed by atoms with Gasteiger partial charge in [-0.1, -0.05) is 18.6 Å². The molecule has 10 heavy (non-hydrogen) atoms. The van der Waals surface area contributed by atoms with Gasteiger partial charge in [0, 0.05) is 6.61 Å². The first-order chi connectivity index (χ1) is 4.74. The largest absolute Gasteiger partial charge is 0.396 e. The van der Waals surface area contributed by atoms with E-state index >= 15 is 0 Å². The van der Waals surface area contributed by atoms with Crippen LogP contribution in [0.5, 0.6) is 0 Å². The fourth-order valence-electron chi connectivity index (χ4n) is 1.60. The highest BCUT2D eigenvalue weighted by atomic mass is 16.3. The topological polar surface area (TPSA) is 20.2 Å². The third-order valence-corrected chi connectivity index (χ3v) is 2.43. The molecule has 0 saturated heterocycles. The van der Waals surface area contributed by atoms with Gasteiger partial charge in [-0.3, -0.25) is 0 Å². The van der Waals surface area contributed by atoms with E-state index in [4.69, 9.17) is 5.11 Å². The lowest BCUT2D eigenvalue weighted by atomic mass is 9.83. The Hall–Kier alpha value is -0.300. The molecule has 0 fully saturated rings. The molecule has 0 aromatic heterocycles. The summed E-state index contributed by atoms with van der Waals surface area (Å²) in [6, 6.07) is 0. The van der Waals surface area contributed by atoms with Gasteiger partial charge in [0.15, 0.2) is 0 Å². The van der Waals surface area contributed by atoms with E-state index < -0.39 is 0 Å². The summed E-state index contributed by atoms with van der Waals surface area (Å²) >= 11 is 0. The van der Waals surface area contributed by atoms with Crippen molar-refractivity contribution in [3.05, 3.63) is 11.6 Å². The predicted molar refractivity (Wildman–Crippen MR) is 42.7 cm³/mol. The third-order valence-electron chi connectivity index (χ3n) is 2.43. The molecule has 0 bridgehead atoms. The highest BCUT2D eigenvalue weighted by molar-refractivity contribution is 5.05. The minimum Gasteiger partial charge on any atom is -0.396 e. The maximum absolute atomic E-state index is 8.92. The molecule has 0 radical (unpaired) electrons. The standard InChI is InChI=1S/C9H16O/c1-7-3-4-9(6-10)8(2)5-7/h5,8-10H,3-4,6H2,1-2H3/t8-,9+/m1/s1. The smallest absolute Gasteiger partial charge is 0.0464 e.